The maximum atomic E-state index is 10.5. The number of aliphatic hydroxyl groups is 4. The van der Waals surface area contributed by atoms with Crippen LogP contribution in [0, 0.1) is 0 Å². The summed E-state index contributed by atoms with van der Waals surface area (Å²) in [5.74, 6) is -1.16. The Bertz CT molecular complexity index is 329. The van der Waals surface area contributed by atoms with Crippen molar-refractivity contribution < 1.29 is 39.8 Å². The highest BCUT2D eigenvalue weighted by atomic mass is 16.7. The summed E-state index contributed by atoms with van der Waals surface area (Å²) in [4.78, 5) is 10.5. The van der Waals surface area contributed by atoms with Gasteiger partial charge in [-0.25, -0.2) is 4.79 Å². The third kappa shape index (κ3) is 3.96. The summed E-state index contributed by atoms with van der Waals surface area (Å²) < 4.78 is 10.2. The highest BCUT2D eigenvalue weighted by Crippen LogP contribution is 2.22. The summed E-state index contributed by atoms with van der Waals surface area (Å²) in [6, 6.07) is 0. The van der Waals surface area contributed by atoms with Gasteiger partial charge in [0.05, 0.1) is 13.2 Å². The molecule has 0 saturated carbocycles. The second-order valence-corrected chi connectivity index (χ2v) is 4.23. The van der Waals surface area contributed by atoms with Crippen LogP contribution in [0.5, 0.6) is 0 Å². The summed E-state index contributed by atoms with van der Waals surface area (Å²) in [5.41, 5.74) is -0.0652. The predicted octanol–water partition coefficient (Wildman–Crippen LogP) is -2.17. The van der Waals surface area contributed by atoms with Crippen LogP contribution in [0.4, 0.5) is 0 Å². The molecule has 0 spiro atoms. The van der Waals surface area contributed by atoms with Gasteiger partial charge in [-0.2, -0.15) is 0 Å². The van der Waals surface area contributed by atoms with Crippen LogP contribution in [0.2, 0.25) is 0 Å². The van der Waals surface area contributed by atoms with E-state index >= 15 is 0 Å². The maximum Gasteiger partial charge on any atom is 0.331 e. The third-order valence-electron chi connectivity index (χ3n) is 2.84. The average molecular weight is 278 g/mol. The van der Waals surface area contributed by atoms with E-state index in [4.69, 9.17) is 19.7 Å². The molecule has 1 heterocycles. The number of carboxylic acids is 1. The molecule has 19 heavy (non-hydrogen) atoms. The number of hydrogen-bond acceptors (Lipinski definition) is 7. The van der Waals surface area contributed by atoms with Crippen LogP contribution in [0.25, 0.3) is 0 Å². The molecule has 1 unspecified atom stereocenters. The Morgan fingerprint density at radius 2 is 1.84 bits per heavy atom. The first-order chi connectivity index (χ1) is 8.88. The Morgan fingerprint density at radius 1 is 1.21 bits per heavy atom. The van der Waals surface area contributed by atoms with E-state index in [9.17, 15) is 20.1 Å². The van der Waals surface area contributed by atoms with Gasteiger partial charge in [0.1, 0.15) is 24.4 Å². The quantitative estimate of drug-likeness (QED) is 0.346. The van der Waals surface area contributed by atoms with E-state index in [1.54, 1.807) is 0 Å². The molecule has 8 heteroatoms. The van der Waals surface area contributed by atoms with Gasteiger partial charge in [0.25, 0.3) is 0 Å². The smallest absolute Gasteiger partial charge is 0.331 e. The lowest BCUT2D eigenvalue weighted by Crippen LogP contribution is -2.59. The Morgan fingerprint density at radius 3 is 2.37 bits per heavy atom. The molecular weight excluding hydrogens is 260 g/mol. The van der Waals surface area contributed by atoms with E-state index in [2.05, 4.69) is 6.58 Å². The minimum atomic E-state index is -1.52. The number of hydrogen-bond donors (Lipinski definition) is 5. The minimum absolute atomic E-state index is 0.0182. The molecule has 0 aromatic rings. The summed E-state index contributed by atoms with van der Waals surface area (Å²) in [6.45, 7) is 2.66. The average Bonchev–Trinajstić information content (AvgIpc) is 2.38. The number of ether oxygens (including phenoxy) is 2. The van der Waals surface area contributed by atoms with Gasteiger partial charge in [-0.3, -0.25) is 0 Å². The molecule has 1 fully saturated rings. The van der Waals surface area contributed by atoms with Crippen molar-refractivity contribution in [1.82, 2.24) is 0 Å². The molecule has 0 radical (unpaired) electrons. The van der Waals surface area contributed by atoms with Crippen molar-refractivity contribution in [3.05, 3.63) is 12.2 Å². The van der Waals surface area contributed by atoms with E-state index in [-0.39, 0.29) is 18.6 Å². The van der Waals surface area contributed by atoms with E-state index < -0.39 is 43.3 Å². The SMILES string of the molecule is C=C(CCOC1O[C@H](CO)[C@@H](O)[C@H](O)[C@H]1O)C(=O)O. The molecule has 0 amide bonds. The number of aliphatic carboxylic acids is 1. The number of rotatable bonds is 6. The zero-order valence-corrected chi connectivity index (χ0v) is 10.2. The van der Waals surface area contributed by atoms with Gasteiger partial charge in [-0.15, -0.1) is 0 Å². The standard InChI is InChI=1S/C11H18O8/c1-5(10(16)17)2-3-18-11-9(15)8(14)7(13)6(4-12)19-11/h6-9,11-15H,1-4H2,(H,16,17)/t6-,7-,8+,9-,11?/m1/s1. The molecule has 1 rings (SSSR count). The highest BCUT2D eigenvalue weighted by Gasteiger charge is 2.43. The maximum absolute atomic E-state index is 10.5. The lowest BCUT2D eigenvalue weighted by atomic mass is 9.99. The van der Waals surface area contributed by atoms with Crippen molar-refractivity contribution in [2.45, 2.75) is 37.1 Å². The molecular formula is C11H18O8. The number of carboxylic acid groups (broad SMARTS) is 1. The normalized spacial score (nSPS) is 35.1. The Kier molecular flexibility index (Phi) is 5.85. The molecule has 110 valence electrons. The molecule has 0 aliphatic carbocycles. The van der Waals surface area contributed by atoms with Gasteiger partial charge in [0.2, 0.25) is 0 Å². The van der Waals surface area contributed by atoms with Crippen molar-refractivity contribution in [2.24, 2.45) is 0 Å². The zero-order chi connectivity index (χ0) is 14.6. The predicted molar refractivity (Wildman–Crippen MR) is 61.1 cm³/mol. The van der Waals surface area contributed by atoms with Crippen LogP contribution >= 0.6 is 0 Å². The van der Waals surface area contributed by atoms with Gasteiger partial charge < -0.3 is 35.0 Å². The molecule has 0 aromatic heterocycles. The summed E-state index contributed by atoms with van der Waals surface area (Å²) >= 11 is 0. The van der Waals surface area contributed by atoms with Crippen LogP contribution in [0.1, 0.15) is 6.42 Å². The molecule has 8 nitrogen and oxygen atoms in total. The fourth-order valence-electron chi connectivity index (χ4n) is 1.61. The van der Waals surface area contributed by atoms with Crippen LogP contribution in [0.3, 0.4) is 0 Å². The molecule has 0 aromatic carbocycles. The third-order valence-corrected chi connectivity index (χ3v) is 2.84. The highest BCUT2D eigenvalue weighted by molar-refractivity contribution is 5.85. The van der Waals surface area contributed by atoms with E-state index in [0.29, 0.717) is 0 Å². The first-order valence-corrected chi connectivity index (χ1v) is 5.71. The van der Waals surface area contributed by atoms with Crippen molar-refractivity contribution in [1.29, 1.82) is 0 Å². The summed E-state index contributed by atoms with van der Waals surface area (Å²) in [7, 11) is 0. The molecule has 0 bridgehead atoms. The van der Waals surface area contributed by atoms with Gasteiger partial charge in [-0.05, 0) is 0 Å². The minimum Gasteiger partial charge on any atom is -0.478 e. The van der Waals surface area contributed by atoms with E-state index in [1.165, 1.54) is 0 Å². The monoisotopic (exact) mass is 278 g/mol. The van der Waals surface area contributed by atoms with E-state index in [1.807, 2.05) is 0 Å². The lowest BCUT2D eigenvalue weighted by Gasteiger charge is -2.39. The Hall–Kier alpha value is -1.03. The van der Waals surface area contributed by atoms with Crippen LogP contribution in [0.15, 0.2) is 12.2 Å². The van der Waals surface area contributed by atoms with Crippen molar-refractivity contribution in [3.63, 3.8) is 0 Å². The first kappa shape index (κ1) is 16.0. The fourth-order valence-corrected chi connectivity index (χ4v) is 1.61. The zero-order valence-electron chi connectivity index (χ0n) is 10.2. The summed E-state index contributed by atoms with van der Waals surface area (Å²) in [6.07, 6.45) is -6.74. The molecule has 5 N–H and O–H groups in total. The van der Waals surface area contributed by atoms with E-state index in [0.717, 1.165) is 0 Å². The lowest BCUT2D eigenvalue weighted by molar-refractivity contribution is -0.300. The van der Waals surface area contributed by atoms with Gasteiger partial charge in [-0.1, -0.05) is 6.58 Å². The summed E-state index contributed by atoms with van der Waals surface area (Å²) in [5, 5.41) is 46.1. The topological polar surface area (TPSA) is 137 Å². The molecule has 1 saturated heterocycles. The molecule has 5 atom stereocenters. The number of carbonyl (C=O) groups is 1. The van der Waals surface area contributed by atoms with Gasteiger partial charge in [0, 0.05) is 12.0 Å². The van der Waals surface area contributed by atoms with Crippen molar-refractivity contribution in [3.8, 4) is 0 Å². The Labute approximate surface area is 109 Å². The van der Waals surface area contributed by atoms with Crippen molar-refractivity contribution >= 4 is 5.97 Å². The Balaban J connectivity index is 2.48. The van der Waals surface area contributed by atoms with Gasteiger partial charge >= 0.3 is 5.97 Å². The first-order valence-electron chi connectivity index (χ1n) is 5.71. The van der Waals surface area contributed by atoms with Crippen LogP contribution < -0.4 is 0 Å². The molecule has 1 aliphatic rings. The second-order valence-electron chi connectivity index (χ2n) is 4.23. The van der Waals surface area contributed by atoms with Gasteiger partial charge in [0.15, 0.2) is 6.29 Å². The fraction of sp³-hybridized carbons (Fsp3) is 0.727. The van der Waals surface area contributed by atoms with Crippen LogP contribution in [-0.2, 0) is 14.3 Å². The van der Waals surface area contributed by atoms with Crippen molar-refractivity contribution in [2.75, 3.05) is 13.2 Å². The number of aliphatic hydroxyl groups excluding tert-OH is 4. The van der Waals surface area contributed by atoms with Crippen LogP contribution in [-0.4, -0.2) is 75.4 Å². The molecule has 1 aliphatic heterocycles. The largest absolute Gasteiger partial charge is 0.478 e. The second kappa shape index (κ2) is 6.94.